The maximum absolute atomic E-state index is 13.9. The van der Waals surface area contributed by atoms with E-state index in [1.165, 1.54) is 0 Å². The molecule has 0 spiro atoms. The highest BCUT2D eigenvalue weighted by Crippen LogP contribution is 2.37. The molecule has 5 aromatic heterocycles. The fourth-order valence-corrected chi connectivity index (χ4v) is 8.42. The van der Waals surface area contributed by atoms with Crippen molar-refractivity contribution in [2.24, 2.45) is 11.5 Å². The number of aryl methyl sites for hydroxylation is 4. The lowest BCUT2D eigenvalue weighted by molar-refractivity contribution is 0.0358. The van der Waals surface area contributed by atoms with Crippen LogP contribution in [0, 0.1) is 13.8 Å². The average Bonchev–Trinajstić information content (AvgIpc) is 4.09. The van der Waals surface area contributed by atoms with Crippen LogP contribution in [-0.4, -0.2) is 126 Å². The Kier molecular flexibility index (Phi) is 14.2. The van der Waals surface area contributed by atoms with Gasteiger partial charge in [-0.2, -0.15) is 10.2 Å². The quantitative estimate of drug-likeness (QED) is 0.0645. The molecule has 1 fully saturated rings. The van der Waals surface area contributed by atoms with Gasteiger partial charge in [-0.25, -0.2) is 15.0 Å². The van der Waals surface area contributed by atoms with Gasteiger partial charge < -0.3 is 39.5 Å². The van der Waals surface area contributed by atoms with E-state index in [0.29, 0.717) is 121 Å². The zero-order chi connectivity index (χ0) is 47.2. The maximum Gasteiger partial charge on any atom is 0.276 e. The van der Waals surface area contributed by atoms with Gasteiger partial charge in [0, 0.05) is 94.0 Å². The van der Waals surface area contributed by atoms with Gasteiger partial charge >= 0.3 is 0 Å². The summed E-state index contributed by atoms with van der Waals surface area (Å²) in [6.45, 7) is 14.4. The van der Waals surface area contributed by atoms with E-state index in [0.717, 1.165) is 37.4 Å². The van der Waals surface area contributed by atoms with Crippen molar-refractivity contribution in [1.29, 1.82) is 0 Å². The van der Waals surface area contributed by atoms with Crippen molar-refractivity contribution in [3.05, 3.63) is 83.0 Å². The molecule has 67 heavy (non-hydrogen) atoms. The van der Waals surface area contributed by atoms with Crippen LogP contribution in [0.1, 0.15) is 69.3 Å². The third-order valence-corrected chi connectivity index (χ3v) is 11.6. The summed E-state index contributed by atoms with van der Waals surface area (Å²) in [6, 6.07) is 10.3. The second-order valence-corrected chi connectivity index (χ2v) is 16.3. The fraction of sp³-hybridized carbons (Fsp3) is 0.404. The molecule has 0 aliphatic carbocycles. The molecule has 1 saturated heterocycles. The van der Waals surface area contributed by atoms with Crippen molar-refractivity contribution in [2.75, 3.05) is 65.1 Å². The van der Waals surface area contributed by atoms with Gasteiger partial charge in [-0.15, -0.1) is 0 Å². The number of benzene rings is 2. The largest absolute Gasteiger partial charge is 0.491 e. The van der Waals surface area contributed by atoms with Crippen molar-refractivity contribution in [3.63, 3.8) is 0 Å². The van der Waals surface area contributed by atoms with E-state index in [1.807, 2.05) is 59.7 Å². The Morgan fingerprint density at radius 1 is 0.776 bits per heavy atom. The monoisotopic (exact) mass is 915 g/mol. The van der Waals surface area contributed by atoms with Gasteiger partial charge in [-0.1, -0.05) is 12.2 Å². The van der Waals surface area contributed by atoms with Gasteiger partial charge in [-0.05, 0) is 70.5 Å². The summed E-state index contributed by atoms with van der Waals surface area (Å²) in [5, 5.41) is 13.5. The van der Waals surface area contributed by atoms with Gasteiger partial charge in [0.15, 0.2) is 5.82 Å². The van der Waals surface area contributed by atoms with Gasteiger partial charge in [0.2, 0.25) is 17.8 Å². The molecule has 8 rings (SSSR count). The molecule has 0 unspecified atom stereocenters. The molecule has 352 valence electrons. The van der Waals surface area contributed by atoms with E-state index in [1.54, 1.807) is 48.3 Å². The van der Waals surface area contributed by atoms with Crippen LogP contribution in [0.3, 0.4) is 0 Å². The number of aromatic nitrogens is 9. The predicted octanol–water partition coefficient (Wildman–Crippen LogP) is 4.87. The summed E-state index contributed by atoms with van der Waals surface area (Å²) in [5.74, 6) is -0.0698. The highest BCUT2D eigenvalue weighted by Gasteiger charge is 2.24. The van der Waals surface area contributed by atoms with Gasteiger partial charge in [0.1, 0.15) is 34.1 Å². The molecule has 0 radical (unpaired) electrons. The number of imidazole rings is 1. The minimum atomic E-state index is -0.639. The van der Waals surface area contributed by atoms with Crippen molar-refractivity contribution in [3.8, 4) is 23.0 Å². The molecule has 0 atom stereocenters. The van der Waals surface area contributed by atoms with E-state index in [2.05, 4.69) is 20.4 Å². The maximum atomic E-state index is 13.9. The average molecular weight is 916 g/mol. The Hall–Kier alpha value is -7.16. The number of morpholine rings is 1. The lowest BCUT2D eigenvalue weighted by Gasteiger charge is -2.26. The first-order chi connectivity index (χ1) is 32.5. The SMILES string of the molecule is CCn1nc(C)cc1C(=O)Nc1nc2cc(C(N)=O)cc(OCCCN3CCOCC3)c2n1CC=CCn1c2nc(-c3cc(C)nn3CC)ncc2c2cc(C(N)=O)cc(OCCCOC)c21. The summed E-state index contributed by atoms with van der Waals surface area (Å²) >= 11 is 0. The predicted molar refractivity (Wildman–Crippen MR) is 253 cm³/mol. The number of fused-ring (bicyclic) bond motifs is 4. The number of primary amides is 2. The number of anilines is 1. The van der Waals surface area contributed by atoms with Crippen LogP contribution in [0.25, 0.3) is 44.5 Å². The number of allylic oxidation sites excluding steroid dienone is 2. The summed E-state index contributed by atoms with van der Waals surface area (Å²) in [5.41, 5.74) is 17.1. The van der Waals surface area contributed by atoms with Crippen molar-refractivity contribution >= 4 is 56.6 Å². The summed E-state index contributed by atoms with van der Waals surface area (Å²) in [4.78, 5) is 56.3. The van der Waals surface area contributed by atoms with E-state index in [-0.39, 0.29) is 23.6 Å². The third kappa shape index (κ3) is 10.0. The van der Waals surface area contributed by atoms with E-state index < -0.39 is 17.7 Å². The minimum absolute atomic E-state index is 0.219. The van der Waals surface area contributed by atoms with Gasteiger partial charge in [0.05, 0.1) is 48.8 Å². The number of hydrogen-bond donors (Lipinski definition) is 3. The summed E-state index contributed by atoms with van der Waals surface area (Å²) in [7, 11) is 1.63. The molecular weight excluding hydrogens is 859 g/mol. The molecule has 3 amide bonds. The van der Waals surface area contributed by atoms with Crippen LogP contribution >= 0.6 is 0 Å². The molecule has 20 heteroatoms. The lowest BCUT2D eigenvalue weighted by atomic mass is 10.1. The van der Waals surface area contributed by atoms with Crippen LogP contribution < -0.4 is 26.3 Å². The second-order valence-electron chi connectivity index (χ2n) is 16.3. The first-order valence-electron chi connectivity index (χ1n) is 22.5. The number of rotatable bonds is 21. The van der Waals surface area contributed by atoms with Crippen molar-refractivity contribution < 1.29 is 33.3 Å². The Balaban J connectivity index is 1.20. The highest BCUT2D eigenvalue weighted by atomic mass is 16.5. The Morgan fingerprint density at radius 3 is 2.13 bits per heavy atom. The fourth-order valence-electron chi connectivity index (χ4n) is 8.42. The van der Waals surface area contributed by atoms with Crippen LogP contribution in [0.2, 0.25) is 0 Å². The van der Waals surface area contributed by atoms with Gasteiger partial charge in [0.25, 0.3) is 5.91 Å². The topological polar surface area (TPSA) is 240 Å². The number of carbonyl (C=O) groups excluding carboxylic acids is 3. The normalized spacial score (nSPS) is 13.4. The Labute approximate surface area is 386 Å². The van der Waals surface area contributed by atoms with E-state index >= 15 is 0 Å². The van der Waals surface area contributed by atoms with Gasteiger partial charge in [-0.3, -0.25) is 34.0 Å². The first-order valence-corrected chi connectivity index (χ1v) is 22.5. The first kappa shape index (κ1) is 46.4. The number of ether oxygens (including phenoxy) is 4. The highest BCUT2D eigenvalue weighted by molar-refractivity contribution is 6.12. The lowest BCUT2D eigenvalue weighted by Crippen LogP contribution is -2.37. The Morgan fingerprint density at radius 2 is 1.43 bits per heavy atom. The van der Waals surface area contributed by atoms with Crippen molar-refractivity contribution in [1.82, 2.24) is 48.5 Å². The summed E-state index contributed by atoms with van der Waals surface area (Å²) in [6.07, 6.45) is 7.02. The van der Waals surface area contributed by atoms with Crippen LogP contribution in [0.15, 0.2) is 54.7 Å². The number of amides is 3. The molecule has 5 N–H and O–H groups in total. The van der Waals surface area contributed by atoms with Crippen LogP contribution in [0.4, 0.5) is 5.95 Å². The number of nitrogens with two attached hydrogens (primary N) is 2. The van der Waals surface area contributed by atoms with Crippen LogP contribution in [0.5, 0.6) is 11.5 Å². The molecule has 1 aliphatic rings. The molecule has 20 nitrogen and oxygen atoms in total. The molecule has 0 saturated carbocycles. The summed E-state index contributed by atoms with van der Waals surface area (Å²) < 4.78 is 30.9. The number of hydrogen-bond acceptors (Lipinski definition) is 13. The van der Waals surface area contributed by atoms with Crippen molar-refractivity contribution in [2.45, 2.75) is 66.7 Å². The third-order valence-electron chi connectivity index (χ3n) is 11.6. The molecule has 7 aromatic rings. The molecule has 2 aromatic carbocycles. The zero-order valence-electron chi connectivity index (χ0n) is 38.6. The zero-order valence-corrected chi connectivity index (χ0v) is 38.6. The molecule has 0 bridgehead atoms. The standard InChI is InChI=1S/C47H57N13O7/c1-6-59-36(22-29(3)54-59)44-50-28-34-33-24-31(42(48)61)26-38(67-19-11-17-64-5)40(33)57(45(34)52-44)13-8-9-14-58-41-35(51-47(58)53-46(63)37-23-30(4)55-60(37)7-2)25-32(43(49)62)27-39(41)66-18-10-12-56-15-20-65-21-16-56/h8-9,22-28H,6-7,10-21H2,1-5H3,(H2,48,61)(H2,49,62)(H,51,53,63). The number of carbonyl (C=O) groups is 3. The van der Waals surface area contributed by atoms with Crippen LogP contribution in [-0.2, 0) is 35.7 Å². The van der Waals surface area contributed by atoms with E-state index in [9.17, 15) is 14.4 Å². The van der Waals surface area contributed by atoms with E-state index in [4.69, 9.17) is 45.4 Å². The number of methoxy groups -OCH3 is 1. The molecule has 6 heterocycles. The number of nitrogens with zero attached hydrogens (tertiary/aromatic N) is 10. The Bertz CT molecular complexity index is 2980. The molecular formula is C47H57N13O7. The smallest absolute Gasteiger partial charge is 0.276 e. The minimum Gasteiger partial charge on any atom is -0.491 e. The number of nitrogens with one attached hydrogen (secondary N) is 1. The molecule has 1 aliphatic heterocycles. The second kappa shape index (κ2) is 20.6.